The van der Waals surface area contributed by atoms with E-state index in [4.69, 9.17) is 9.84 Å². The molecule has 2 saturated heterocycles. The normalized spacial score (nSPS) is 30.4. The van der Waals surface area contributed by atoms with Crippen LogP contribution in [0.15, 0.2) is 0 Å². The van der Waals surface area contributed by atoms with E-state index in [1.807, 2.05) is 0 Å². The lowest BCUT2D eigenvalue weighted by atomic mass is 10.1. The summed E-state index contributed by atoms with van der Waals surface area (Å²) in [5, 5.41) is 14.4. The lowest BCUT2D eigenvalue weighted by Crippen LogP contribution is -2.42. The minimum absolute atomic E-state index is 0.195. The molecule has 0 aromatic heterocycles. The largest absolute Gasteiger partial charge is 0.479 e. The van der Waals surface area contributed by atoms with E-state index in [-0.39, 0.29) is 12.1 Å². The zero-order valence-corrected chi connectivity index (χ0v) is 11.8. The maximum absolute atomic E-state index is 11.6. The Kier molecular flexibility index (Phi) is 5.19. The Labute approximate surface area is 118 Å². The monoisotopic (exact) mass is 285 g/mol. The zero-order valence-electron chi connectivity index (χ0n) is 11.8. The molecular weight excluding hydrogens is 262 g/mol. The molecule has 7 heteroatoms. The summed E-state index contributed by atoms with van der Waals surface area (Å²) in [5.41, 5.74) is 0. The Morgan fingerprint density at radius 3 is 2.60 bits per heavy atom. The number of carboxylic acid groups (broad SMARTS) is 1. The van der Waals surface area contributed by atoms with Crippen LogP contribution < -0.4 is 10.6 Å². The van der Waals surface area contributed by atoms with E-state index in [0.29, 0.717) is 31.8 Å². The van der Waals surface area contributed by atoms with Crippen LogP contribution in [0.5, 0.6) is 0 Å². The highest BCUT2D eigenvalue weighted by atomic mass is 16.5. The molecule has 3 atom stereocenters. The van der Waals surface area contributed by atoms with E-state index in [1.165, 1.54) is 0 Å². The number of carboxylic acids is 1. The molecule has 2 fully saturated rings. The first-order chi connectivity index (χ1) is 9.54. The third kappa shape index (κ3) is 4.35. The number of nitrogens with zero attached hydrogens (tertiary/aromatic N) is 1. The van der Waals surface area contributed by atoms with Crippen LogP contribution in [0.4, 0.5) is 4.79 Å². The van der Waals surface area contributed by atoms with Crippen LogP contribution >= 0.6 is 0 Å². The van der Waals surface area contributed by atoms with E-state index in [9.17, 15) is 9.59 Å². The molecule has 0 aromatic carbocycles. The summed E-state index contributed by atoms with van der Waals surface area (Å²) in [5.74, 6) is -0.410. The van der Waals surface area contributed by atoms with E-state index >= 15 is 0 Å². The fourth-order valence-corrected chi connectivity index (χ4v) is 2.74. The number of ether oxygens (including phenoxy) is 1. The van der Waals surface area contributed by atoms with Gasteiger partial charge >= 0.3 is 12.0 Å². The molecule has 2 amide bonds. The van der Waals surface area contributed by atoms with Crippen LogP contribution in [-0.2, 0) is 9.53 Å². The summed E-state index contributed by atoms with van der Waals surface area (Å²) in [7, 11) is 2.08. The SMILES string of the molecule is CN1CCC(CNC(=O)NCC2CCC(C(=O)O)O2)C1. The number of likely N-dealkylation sites (tertiary alicyclic amines) is 1. The zero-order chi connectivity index (χ0) is 14.5. The number of aliphatic carboxylic acids is 1. The van der Waals surface area contributed by atoms with Gasteiger partial charge in [0.05, 0.1) is 6.10 Å². The van der Waals surface area contributed by atoms with Gasteiger partial charge in [0.1, 0.15) is 0 Å². The molecule has 114 valence electrons. The van der Waals surface area contributed by atoms with Gasteiger partial charge in [-0.1, -0.05) is 0 Å². The number of carbonyl (C=O) groups excluding carboxylic acids is 1. The Hall–Kier alpha value is -1.34. The van der Waals surface area contributed by atoms with Gasteiger partial charge in [-0.2, -0.15) is 0 Å². The molecule has 0 aliphatic carbocycles. The van der Waals surface area contributed by atoms with E-state index in [2.05, 4.69) is 22.6 Å². The Morgan fingerprint density at radius 2 is 2.00 bits per heavy atom. The Morgan fingerprint density at radius 1 is 1.25 bits per heavy atom. The quantitative estimate of drug-likeness (QED) is 0.654. The van der Waals surface area contributed by atoms with Crippen LogP contribution in [0.1, 0.15) is 19.3 Å². The standard InChI is InChI=1S/C13H23N3O4/c1-16-5-4-9(8-16)6-14-13(19)15-7-10-2-3-11(20-10)12(17)18/h9-11H,2-8H2,1H3,(H,17,18)(H2,14,15,19). The van der Waals surface area contributed by atoms with Gasteiger partial charge in [-0.3, -0.25) is 0 Å². The number of rotatable bonds is 5. The molecule has 7 nitrogen and oxygen atoms in total. The van der Waals surface area contributed by atoms with Crippen molar-refractivity contribution in [2.45, 2.75) is 31.5 Å². The molecular formula is C13H23N3O4. The van der Waals surface area contributed by atoms with Gasteiger partial charge in [0, 0.05) is 19.6 Å². The average molecular weight is 285 g/mol. The van der Waals surface area contributed by atoms with Crippen LogP contribution in [0.2, 0.25) is 0 Å². The van der Waals surface area contributed by atoms with Gasteiger partial charge in [0.25, 0.3) is 0 Å². The summed E-state index contributed by atoms with van der Waals surface area (Å²) in [4.78, 5) is 24.6. The van der Waals surface area contributed by atoms with Gasteiger partial charge in [0.2, 0.25) is 0 Å². The first-order valence-corrected chi connectivity index (χ1v) is 7.13. The molecule has 3 N–H and O–H groups in total. The highest BCUT2D eigenvalue weighted by Gasteiger charge is 2.30. The van der Waals surface area contributed by atoms with E-state index in [0.717, 1.165) is 19.5 Å². The molecule has 2 rings (SSSR count). The second-order valence-electron chi connectivity index (χ2n) is 5.67. The third-order valence-electron chi connectivity index (χ3n) is 3.91. The number of nitrogens with one attached hydrogen (secondary N) is 2. The van der Waals surface area contributed by atoms with Crippen LogP contribution in [0, 0.1) is 5.92 Å². The Balaban J connectivity index is 1.57. The molecule has 2 aliphatic rings. The fraction of sp³-hybridized carbons (Fsp3) is 0.846. The molecule has 2 heterocycles. The number of amides is 2. The molecule has 0 saturated carbocycles. The van der Waals surface area contributed by atoms with Gasteiger partial charge in [0.15, 0.2) is 6.10 Å². The third-order valence-corrected chi connectivity index (χ3v) is 3.91. The summed E-state index contributed by atoms with van der Waals surface area (Å²) >= 11 is 0. The molecule has 0 aromatic rings. The highest BCUT2D eigenvalue weighted by Crippen LogP contribution is 2.19. The first kappa shape index (κ1) is 15.1. The highest BCUT2D eigenvalue weighted by molar-refractivity contribution is 5.74. The van der Waals surface area contributed by atoms with Crippen molar-refractivity contribution in [3.8, 4) is 0 Å². The second-order valence-corrected chi connectivity index (χ2v) is 5.67. The number of hydrogen-bond acceptors (Lipinski definition) is 4. The summed E-state index contributed by atoms with van der Waals surface area (Å²) in [6, 6.07) is -0.207. The van der Waals surface area contributed by atoms with Crippen LogP contribution in [0.3, 0.4) is 0 Å². The van der Waals surface area contributed by atoms with Crippen molar-refractivity contribution >= 4 is 12.0 Å². The van der Waals surface area contributed by atoms with Crippen LogP contribution in [0.25, 0.3) is 0 Å². The van der Waals surface area contributed by atoms with Crippen molar-refractivity contribution in [2.24, 2.45) is 5.92 Å². The number of hydrogen-bond donors (Lipinski definition) is 3. The summed E-state index contributed by atoms with van der Waals surface area (Å²) < 4.78 is 5.32. The van der Waals surface area contributed by atoms with Crippen molar-refractivity contribution in [3.63, 3.8) is 0 Å². The minimum atomic E-state index is -0.928. The molecule has 2 aliphatic heterocycles. The van der Waals surface area contributed by atoms with Gasteiger partial charge < -0.3 is 25.4 Å². The summed E-state index contributed by atoms with van der Waals surface area (Å²) in [6.07, 6.45) is 1.38. The van der Waals surface area contributed by atoms with E-state index < -0.39 is 12.1 Å². The molecule has 0 bridgehead atoms. The van der Waals surface area contributed by atoms with E-state index in [1.54, 1.807) is 0 Å². The maximum Gasteiger partial charge on any atom is 0.332 e. The smallest absolute Gasteiger partial charge is 0.332 e. The van der Waals surface area contributed by atoms with Crippen molar-refractivity contribution in [3.05, 3.63) is 0 Å². The molecule has 20 heavy (non-hydrogen) atoms. The van der Waals surface area contributed by atoms with Gasteiger partial charge in [-0.25, -0.2) is 9.59 Å². The van der Waals surface area contributed by atoms with Gasteiger partial charge in [-0.05, 0) is 38.8 Å². The molecule has 0 spiro atoms. The molecule has 0 radical (unpaired) electrons. The van der Waals surface area contributed by atoms with Crippen molar-refractivity contribution < 1.29 is 19.4 Å². The Bertz CT molecular complexity index is 364. The maximum atomic E-state index is 11.6. The fourth-order valence-electron chi connectivity index (χ4n) is 2.74. The molecule has 3 unspecified atom stereocenters. The lowest BCUT2D eigenvalue weighted by Gasteiger charge is -2.15. The van der Waals surface area contributed by atoms with Crippen LogP contribution in [-0.4, -0.2) is 67.4 Å². The second kappa shape index (κ2) is 6.90. The predicted molar refractivity (Wildman–Crippen MR) is 72.5 cm³/mol. The summed E-state index contributed by atoms with van der Waals surface area (Å²) in [6.45, 7) is 3.15. The van der Waals surface area contributed by atoms with Crippen molar-refractivity contribution in [2.75, 3.05) is 33.2 Å². The first-order valence-electron chi connectivity index (χ1n) is 7.13. The topological polar surface area (TPSA) is 90.9 Å². The predicted octanol–water partition coefficient (Wildman–Crippen LogP) is -0.130. The number of urea groups is 1. The van der Waals surface area contributed by atoms with Crippen molar-refractivity contribution in [1.82, 2.24) is 15.5 Å². The minimum Gasteiger partial charge on any atom is -0.479 e. The number of carbonyl (C=O) groups is 2. The average Bonchev–Trinajstić information content (AvgIpc) is 3.03. The van der Waals surface area contributed by atoms with Gasteiger partial charge in [-0.15, -0.1) is 0 Å². The van der Waals surface area contributed by atoms with Crippen molar-refractivity contribution in [1.29, 1.82) is 0 Å². The lowest BCUT2D eigenvalue weighted by molar-refractivity contribution is -0.149.